The molecule has 0 fully saturated rings. The maximum atomic E-state index is 12.5. The minimum absolute atomic E-state index is 0.208. The number of carbonyl (C=O) groups is 2. The van der Waals surface area contributed by atoms with Gasteiger partial charge in [0.15, 0.2) is 0 Å². The highest BCUT2D eigenvalue weighted by Crippen LogP contribution is 2.26. The molecule has 2 aromatic carbocycles. The van der Waals surface area contributed by atoms with Crippen molar-refractivity contribution in [3.05, 3.63) is 75.3 Å². The van der Waals surface area contributed by atoms with Gasteiger partial charge in [-0.1, -0.05) is 43.7 Å². The van der Waals surface area contributed by atoms with Gasteiger partial charge in [-0.25, -0.2) is 9.59 Å². The number of hydrogen-bond acceptors (Lipinski definition) is 5. The maximum Gasteiger partial charge on any atom is 0.339 e. The molecule has 0 radical (unpaired) electrons. The van der Waals surface area contributed by atoms with Gasteiger partial charge in [-0.2, -0.15) is 0 Å². The molecule has 2 rings (SSSR count). The Bertz CT molecular complexity index is 803. The van der Waals surface area contributed by atoms with Gasteiger partial charge >= 0.3 is 11.9 Å². The zero-order chi connectivity index (χ0) is 19.1. The van der Waals surface area contributed by atoms with Gasteiger partial charge < -0.3 is 9.84 Å². The molecule has 0 heterocycles. The number of carbonyl (C=O) groups excluding carboxylic acids is 1. The summed E-state index contributed by atoms with van der Waals surface area (Å²) >= 11 is 0. The first-order chi connectivity index (χ1) is 12.4. The Morgan fingerprint density at radius 2 is 1.85 bits per heavy atom. The molecule has 7 nitrogen and oxygen atoms in total. The van der Waals surface area contributed by atoms with Gasteiger partial charge in [0.05, 0.1) is 16.1 Å². The zero-order valence-electron chi connectivity index (χ0n) is 14.3. The Hall–Kier alpha value is -3.22. The number of hydrogen-bond donors (Lipinski definition) is 1. The van der Waals surface area contributed by atoms with Crippen LogP contribution in [0.25, 0.3) is 0 Å². The minimum atomic E-state index is -1.43. The summed E-state index contributed by atoms with van der Waals surface area (Å²) in [6.07, 6.45) is 1.83. The molecule has 0 aromatic heterocycles. The number of aromatic carboxylic acids is 1. The smallest absolute Gasteiger partial charge is 0.339 e. The molecule has 0 aliphatic carbocycles. The van der Waals surface area contributed by atoms with E-state index in [-0.39, 0.29) is 5.56 Å². The van der Waals surface area contributed by atoms with E-state index in [2.05, 4.69) is 0 Å². The van der Waals surface area contributed by atoms with E-state index in [1.165, 1.54) is 0 Å². The Kier molecular flexibility index (Phi) is 6.43. The largest absolute Gasteiger partial charge is 0.478 e. The second-order valence-electron chi connectivity index (χ2n) is 5.74. The number of benzene rings is 2. The van der Waals surface area contributed by atoms with Crippen LogP contribution in [0.4, 0.5) is 5.69 Å². The van der Waals surface area contributed by atoms with E-state index in [9.17, 15) is 24.8 Å². The Morgan fingerprint density at radius 3 is 2.42 bits per heavy atom. The Labute approximate surface area is 150 Å². The number of non-ortho nitro benzene ring substituents is 1. The second kappa shape index (κ2) is 8.75. The van der Waals surface area contributed by atoms with Crippen LogP contribution in [0.3, 0.4) is 0 Å². The topological polar surface area (TPSA) is 107 Å². The third kappa shape index (κ3) is 4.66. The number of nitro benzene ring substituents is 1. The van der Waals surface area contributed by atoms with Crippen molar-refractivity contribution in [2.45, 2.75) is 32.3 Å². The van der Waals surface area contributed by atoms with Crippen molar-refractivity contribution in [2.24, 2.45) is 0 Å². The van der Waals surface area contributed by atoms with Crippen LogP contribution < -0.4 is 0 Å². The van der Waals surface area contributed by atoms with E-state index in [0.29, 0.717) is 6.42 Å². The Morgan fingerprint density at radius 1 is 1.15 bits per heavy atom. The van der Waals surface area contributed by atoms with Crippen LogP contribution >= 0.6 is 0 Å². The molecule has 0 spiro atoms. The lowest BCUT2D eigenvalue weighted by molar-refractivity contribution is -0.384. The highest BCUT2D eigenvalue weighted by Gasteiger charge is 2.24. The number of rotatable bonds is 8. The van der Waals surface area contributed by atoms with Gasteiger partial charge in [-0.15, -0.1) is 0 Å². The predicted octanol–water partition coefficient (Wildman–Crippen LogP) is 4.38. The molecule has 0 aliphatic rings. The molecule has 0 aliphatic heterocycles. The highest BCUT2D eigenvalue weighted by molar-refractivity contribution is 6.03. The van der Waals surface area contributed by atoms with Crippen molar-refractivity contribution in [3.63, 3.8) is 0 Å². The minimum Gasteiger partial charge on any atom is -0.478 e. The van der Waals surface area contributed by atoms with Gasteiger partial charge in [-0.3, -0.25) is 10.1 Å². The summed E-state index contributed by atoms with van der Waals surface area (Å²) in [5, 5.41) is 20.1. The van der Waals surface area contributed by atoms with E-state index in [4.69, 9.17) is 4.74 Å². The van der Waals surface area contributed by atoms with Crippen molar-refractivity contribution in [2.75, 3.05) is 0 Å². The van der Waals surface area contributed by atoms with E-state index < -0.39 is 34.2 Å². The summed E-state index contributed by atoms with van der Waals surface area (Å²) in [7, 11) is 0. The Balaban J connectivity index is 2.31. The van der Waals surface area contributed by atoms with Gasteiger partial charge in [0.2, 0.25) is 0 Å². The van der Waals surface area contributed by atoms with Crippen molar-refractivity contribution in [1.82, 2.24) is 0 Å². The lowest BCUT2D eigenvalue weighted by atomic mass is 10.0. The molecule has 1 atom stereocenters. The lowest BCUT2D eigenvalue weighted by Crippen LogP contribution is -2.15. The SMILES string of the molecule is CCCCC(OC(=O)c1ccc([N+](=O)[O-])cc1C(=O)O)c1ccccc1. The van der Waals surface area contributed by atoms with E-state index in [1.54, 1.807) is 0 Å². The predicted molar refractivity (Wildman–Crippen MR) is 94.2 cm³/mol. The third-order valence-corrected chi connectivity index (χ3v) is 3.90. The number of nitrogens with zero attached hydrogens (tertiary/aromatic N) is 1. The van der Waals surface area contributed by atoms with E-state index in [1.807, 2.05) is 37.3 Å². The molecule has 0 bridgehead atoms. The van der Waals surface area contributed by atoms with Crippen LogP contribution in [0.15, 0.2) is 48.5 Å². The van der Waals surface area contributed by atoms with Gasteiger partial charge in [-0.05, 0) is 24.5 Å². The van der Waals surface area contributed by atoms with Crippen LogP contribution in [-0.4, -0.2) is 22.0 Å². The highest BCUT2D eigenvalue weighted by atomic mass is 16.6. The molecular formula is C19H19NO6. The zero-order valence-corrected chi connectivity index (χ0v) is 14.3. The van der Waals surface area contributed by atoms with Crippen molar-refractivity contribution >= 4 is 17.6 Å². The number of carboxylic acids is 1. The summed E-state index contributed by atoms with van der Waals surface area (Å²) in [5.41, 5.74) is -0.246. The standard InChI is InChI=1S/C19H19NO6/c1-2-3-9-17(13-7-5-4-6-8-13)26-19(23)15-11-10-14(20(24)25)12-16(15)18(21)22/h4-8,10-12,17H,2-3,9H2,1H3,(H,21,22). The van der Waals surface area contributed by atoms with Crippen LogP contribution in [0.1, 0.15) is 58.6 Å². The third-order valence-electron chi connectivity index (χ3n) is 3.90. The fourth-order valence-electron chi connectivity index (χ4n) is 2.54. The first-order valence-electron chi connectivity index (χ1n) is 8.21. The van der Waals surface area contributed by atoms with Crippen molar-refractivity contribution in [1.29, 1.82) is 0 Å². The van der Waals surface area contributed by atoms with Crippen LogP contribution in [0, 0.1) is 10.1 Å². The molecule has 7 heteroatoms. The molecule has 1 unspecified atom stereocenters. The molecule has 0 saturated carbocycles. The average Bonchev–Trinajstić information content (AvgIpc) is 2.65. The average molecular weight is 357 g/mol. The van der Waals surface area contributed by atoms with Gasteiger partial charge in [0.25, 0.3) is 5.69 Å². The molecular weight excluding hydrogens is 338 g/mol. The molecule has 1 N–H and O–H groups in total. The quantitative estimate of drug-likeness (QED) is 0.427. The lowest BCUT2D eigenvalue weighted by Gasteiger charge is -2.18. The molecule has 0 amide bonds. The fourth-order valence-corrected chi connectivity index (χ4v) is 2.54. The van der Waals surface area contributed by atoms with Gasteiger partial charge in [0.1, 0.15) is 6.10 Å². The fraction of sp³-hybridized carbons (Fsp3) is 0.263. The number of ether oxygens (including phenoxy) is 1. The summed E-state index contributed by atoms with van der Waals surface area (Å²) in [5.74, 6) is -2.24. The maximum absolute atomic E-state index is 12.5. The summed E-state index contributed by atoms with van der Waals surface area (Å²) in [6.45, 7) is 2.02. The van der Waals surface area contributed by atoms with Gasteiger partial charge in [0, 0.05) is 12.1 Å². The molecule has 26 heavy (non-hydrogen) atoms. The number of nitro groups is 1. The van der Waals surface area contributed by atoms with Crippen molar-refractivity contribution in [3.8, 4) is 0 Å². The van der Waals surface area contributed by atoms with Crippen LogP contribution in [-0.2, 0) is 4.74 Å². The summed E-state index contributed by atoms with van der Waals surface area (Å²) < 4.78 is 5.54. The van der Waals surface area contributed by atoms with E-state index >= 15 is 0 Å². The number of esters is 1. The first-order valence-corrected chi connectivity index (χ1v) is 8.21. The monoisotopic (exact) mass is 357 g/mol. The van der Waals surface area contributed by atoms with Crippen LogP contribution in [0.2, 0.25) is 0 Å². The normalized spacial score (nSPS) is 11.6. The summed E-state index contributed by atoms with van der Waals surface area (Å²) in [4.78, 5) is 34.1. The van der Waals surface area contributed by atoms with Crippen LogP contribution in [0.5, 0.6) is 0 Å². The number of carboxylic acid groups (broad SMARTS) is 1. The summed E-state index contributed by atoms with van der Waals surface area (Å²) in [6, 6.07) is 12.2. The molecule has 136 valence electrons. The van der Waals surface area contributed by atoms with Crippen molar-refractivity contribution < 1.29 is 24.4 Å². The molecule has 2 aromatic rings. The molecule has 0 saturated heterocycles. The van der Waals surface area contributed by atoms with E-state index in [0.717, 1.165) is 36.6 Å². The number of unbranched alkanes of at least 4 members (excludes halogenated alkanes) is 1. The first kappa shape index (κ1) is 19.1. The second-order valence-corrected chi connectivity index (χ2v) is 5.74.